The molecule has 1 amide bonds. The Balaban J connectivity index is 1.67. The van der Waals surface area contributed by atoms with E-state index in [0.717, 1.165) is 16.7 Å². The summed E-state index contributed by atoms with van der Waals surface area (Å²) in [5.41, 5.74) is 5.60. The van der Waals surface area contributed by atoms with Crippen LogP contribution in [0.2, 0.25) is 0 Å². The Bertz CT molecular complexity index is 1160. The van der Waals surface area contributed by atoms with Gasteiger partial charge in [-0.15, -0.1) is 0 Å². The Morgan fingerprint density at radius 2 is 2.00 bits per heavy atom. The van der Waals surface area contributed by atoms with E-state index in [1.165, 1.54) is 17.2 Å². The van der Waals surface area contributed by atoms with Crippen molar-refractivity contribution in [2.75, 3.05) is 5.32 Å². The molecule has 6 nitrogen and oxygen atoms in total. The number of fused-ring (bicyclic) bond motifs is 1. The number of nitrogens with one attached hydrogen (secondary N) is 1. The van der Waals surface area contributed by atoms with Gasteiger partial charge < -0.3 is 5.32 Å². The molecular weight excluding hydrogens is 350 g/mol. The molecule has 6 heteroatoms. The topological polar surface area (TPSA) is 72.7 Å². The quantitative estimate of drug-likeness (QED) is 0.543. The first kappa shape index (κ1) is 17.6. The fourth-order valence-corrected chi connectivity index (χ4v) is 2.97. The molecule has 0 fully saturated rings. The monoisotopic (exact) mass is 369 g/mol. The number of anilines is 1. The summed E-state index contributed by atoms with van der Waals surface area (Å²) in [4.78, 5) is 25.1. The first-order valence-electron chi connectivity index (χ1n) is 8.90. The third-order valence-electron chi connectivity index (χ3n) is 4.42. The molecule has 2 aromatic heterocycles. The summed E-state index contributed by atoms with van der Waals surface area (Å²) in [6, 6.07) is 13.9. The maximum Gasteiger partial charge on any atom is 0.247 e. The van der Waals surface area contributed by atoms with E-state index in [9.17, 15) is 4.79 Å². The number of imidazole rings is 1. The van der Waals surface area contributed by atoms with Crippen molar-refractivity contribution in [2.45, 2.75) is 13.3 Å². The zero-order valence-electron chi connectivity index (χ0n) is 15.5. The molecule has 0 atom stereocenters. The number of nitrogens with zero attached hydrogens (tertiary/aromatic N) is 4. The second-order valence-corrected chi connectivity index (χ2v) is 6.54. The molecule has 0 aliphatic rings. The number of aromatic nitrogens is 4. The second kappa shape index (κ2) is 7.44. The third kappa shape index (κ3) is 3.66. The van der Waals surface area contributed by atoms with Gasteiger partial charge in [0.1, 0.15) is 6.33 Å². The number of hydrogen-bond acceptors (Lipinski definition) is 4. The van der Waals surface area contributed by atoms with Crippen LogP contribution in [0.5, 0.6) is 0 Å². The minimum absolute atomic E-state index is 0.259. The van der Waals surface area contributed by atoms with E-state index < -0.39 is 0 Å². The fraction of sp³-hybridized carbons (Fsp3) is 0.0909. The van der Waals surface area contributed by atoms with Crippen LogP contribution in [0.15, 0.2) is 73.8 Å². The summed E-state index contributed by atoms with van der Waals surface area (Å²) < 4.78 is 1.87. The largest absolute Gasteiger partial charge is 0.322 e. The van der Waals surface area contributed by atoms with E-state index in [1.807, 2.05) is 16.7 Å². The van der Waals surface area contributed by atoms with Crippen LogP contribution in [0.4, 0.5) is 5.69 Å². The Hall–Kier alpha value is -3.80. The summed E-state index contributed by atoms with van der Waals surface area (Å²) in [6.07, 6.45) is 7.13. The number of hydrogen-bond donors (Lipinski definition) is 1. The number of carbonyl (C=O) groups is 1. The molecule has 0 radical (unpaired) electrons. The van der Waals surface area contributed by atoms with Gasteiger partial charge in [-0.05, 0) is 36.8 Å². The summed E-state index contributed by atoms with van der Waals surface area (Å²) in [6.45, 7) is 5.54. The lowest BCUT2D eigenvalue weighted by atomic mass is 10.1. The molecule has 0 unspecified atom stereocenters. The van der Waals surface area contributed by atoms with Gasteiger partial charge in [0.25, 0.3) is 0 Å². The van der Waals surface area contributed by atoms with E-state index in [0.29, 0.717) is 17.9 Å². The van der Waals surface area contributed by atoms with E-state index >= 15 is 0 Å². The summed E-state index contributed by atoms with van der Waals surface area (Å²) >= 11 is 0. The van der Waals surface area contributed by atoms with Crippen molar-refractivity contribution in [2.24, 2.45) is 0 Å². The van der Waals surface area contributed by atoms with Crippen molar-refractivity contribution in [3.8, 4) is 5.82 Å². The Morgan fingerprint density at radius 1 is 1.18 bits per heavy atom. The average Bonchev–Trinajstić information content (AvgIpc) is 3.13. The predicted octanol–water partition coefficient (Wildman–Crippen LogP) is 3.84. The molecule has 138 valence electrons. The minimum atomic E-state index is -0.259. The Morgan fingerprint density at radius 3 is 2.79 bits per heavy atom. The normalized spacial score (nSPS) is 10.8. The van der Waals surface area contributed by atoms with Crippen LogP contribution in [-0.4, -0.2) is 25.4 Å². The zero-order chi connectivity index (χ0) is 19.5. The van der Waals surface area contributed by atoms with Crippen LogP contribution >= 0.6 is 0 Å². The molecule has 2 heterocycles. The van der Waals surface area contributed by atoms with E-state index in [4.69, 9.17) is 4.98 Å². The van der Waals surface area contributed by atoms with Gasteiger partial charge in [-0.25, -0.2) is 9.97 Å². The molecule has 1 N–H and O–H groups in total. The first-order chi connectivity index (χ1) is 13.6. The highest BCUT2D eigenvalue weighted by atomic mass is 16.1. The third-order valence-corrected chi connectivity index (χ3v) is 4.42. The lowest BCUT2D eigenvalue weighted by Gasteiger charge is -2.07. The van der Waals surface area contributed by atoms with Crippen LogP contribution in [0.3, 0.4) is 0 Å². The molecule has 0 saturated heterocycles. The second-order valence-electron chi connectivity index (χ2n) is 6.54. The molecule has 0 aliphatic carbocycles. The standard InChI is InChI=1S/C22H19N5O/c1-3-22(28)26-17-8-9-19-20(11-17)27(14-24-19)21-13-23-12-18(25-21)10-16-6-4-15(2)5-7-16/h3-9,11-14H,1,10H2,2H3,(H,26,28). The van der Waals surface area contributed by atoms with Gasteiger partial charge in [0.2, 0.25) is 5.91 Å². The molecule has 2 aromatic carbocycles. The summed E-state index contributed by atoms with van der Waals surface area (Å²) in [7, 11) is 0. The summed E-state index contributed by atoms with van der Waals surface area (Å²) in [5.74, 6) is 0.421. The molecule has 28 heavy (non-hydrogen) atoms. The molecule has 0 spiro atoms. The first-order valence-corrected chi connectivity index (χ1v) is 8.90. The van der Waals surface area contributed by atoms with E-state index in [1.54, 1.807) is 24.8 Å². The molecule has 0 aliphatic heterocycles. The molecular formula is C22H19N5O. The van der Waals surface area contributed by atoms with Crippen LogP contribution in [0.1, 0.15) is 16.8 Å². The Labute approximate surface area is 162 Å². The average molecular weight is 369 g/mol. The van der Waals surface area contributed by atoms with Gasteiger partial charge in [0.15, 0.2) is 5.82 Å². The van der Waals surface area contributed by atoms with Crippen LogP contribution < -0.4 is 5.32 Å². The van der Waals surface area contributed by atoms with Crippen molar-refractivity contribution >= 4 is 22.6 Å². The Kier molecular flexibility index (Phi) is 4.68. The van der Waals surface area contributed by atoms with Crippen LogP contribution in [-0.2, 0) is 11.2 Å². The van der Waals surface area contributed by atoms with Crippen molar-refractivity contribution < 1.29 is 4.79 Å². The van der Waals surface area contributed by atoms with Gasteiger partial charge >= 0.3 is 0 Å². The fourth-order valence-electron chi connectivity index (χ4n) is 2.97. The predicted molar refractivity (Wildman–Crippen MR) is 109 cm³/mol. The van der Waals surface area contributed by atoms with Gasteiger partial charge in [-0.2, -0.15) is 0 Å². The van der Waals surface area contributed by atoms with E-state index in [2.05, 4.69) is 53.1 Å². The maximum atomic E-state index is 11.6. The number of rotatable bonds is 5. The smallest absolute Gasteiger partial charge is 0.247 e. The highest BCUT2D eigenvalue weighted by Gasteiger charge is 2.09. The van der Waals surface area contributed by atoms with Crippen molar-refractivity contribution in [3.05, 3.63) is 90.7 Å². The number of amides is 1. The van der Waals surface area contributed by atoms with Gasteiger partial charge in [-0.3, -0.25) is 14.3 Å². The van der Waals surface area contributed by atoms with Gasteiger partial charge in [-0.1, -0.05) is 36.4 Å². The number of aryl methyl sites for hydroxylation is 1. The molecule has 4 aromatic rings. The molecule has 0 bridgehead atoms. The lowest BCUT2D eigenvalue weighted by Crippen LogP contribution is -2.07. The van der Waals surface area contributed by atoms with Gasteiger partial charge in [0, 0.05) is 18.3 Å². The van der Waals surface area contributed by atoms with Crippen molar-refractivity contribution in [1.29, 1.82) is 0 Å². The van der Waals surface area contributed by atoms with Crippen molar-refractivity contribution in [1.82, 2.24) is 19.5 Å². The number of benzene rings is 2. The molecule has 0 saturated carbocycles. The SMILES string of the molecule is C=CC(=O)Nc1ccc2ncn(-c3cncc(Cc4ccc(C)cc4)n3)c2c1. The van der Waals surface area contributed by atoms with Crippen molar-refractivity contribution in [3.63, 3.8) is 0 Å². The lowest BCUT2D eigenvalue weighted by molar-refractivity contribution is -0.111. The highest BCUT2D eigenvalue weighted by Crippen LogP contribution is 2.21. The van der Waals surface area contributed by atoms with Crippen LogP contribution in [0.25, 0.3) is 16.9 Å². The maximum absolute atomic E-state index is 11.6. The minimum Gasteiger partial charge on any atom is -0.322 e. The number of carbonyl (C=O) groups excluding carboxylic acids is 1. The zero-order valence-corrected chi connectivity index (χ0v) is 15.5. The van der Waals surface area contributed by atoms with Crippen LogP contribution in [0, 0.1) is 6.92 Å². The van der Waals surface area contributed by atoms with E-state index in [-0.39, 0.29) is 5.91 Å². The highest BCUT2D eigenvalue weighted by molar-refractivity contribution is 6.00. The van der Waals surface area contributed by atoms with Gasteiger partial charge in [0.05, 0.1) is 22.9 Å². The molecule has 4 rings (SSSR count). The summed E-state index contributed by atoms with van der Waals surface area (Å²) in [5, 5.41) is 2.77.